The fourth-order valence-electron chi connectivity index (χ4n) is 4.32. The zero-order valence-electron chi connectivity index (χ0n) is 21.0. The molecule has 2 amide bonds. The van der Waals surface area contributed by atoms with E-state index in [0.29, 0.717) is 12.2 Å². The lowest BCUT2D eigenvalue weighted by Gasteiger charge is -2.34. The minimum Gasteiger partial charge on any atom is -0.493 e. The monoisotopic (exact) mass is 465 g/mol. The van der Waals surface area contributed by atoms with Crippen molar-refractivity contribution in [3.05, 3.63) is 64.7 Å². The highest BCUT2D eigenvalue weighted by atomic mass is 16.5. The summed E-state index contributed by atoms with van der Waals surface area (Å²) >= 11 is 0. The number of nitrogens with zero attached hydrogens (tertiary/aromatic N) is 1. The van der Waals surface area contributed by atoms with Gasteiger partial charge in [0.2, 0.25) is 11.8 Å². The molecule has 1 fully saturated rings. The number of aryl methyl sites for hydroxylation is 2. The van der Waals surface area contributed by atoms with Crippen LogP contribution in [0.1, 0.15) is 66.6 Å². The van der Waals surface area contributed by atoms with E-state index in [1.54, 1.807) is 12.1 Å². The Morgan fingerprint density at radius 1 is 1.09 bits per heavy atom. The molecule has 6 heteroatoms. The summed E-state index contributed by atoms with van der Waals surface area (Å²) in [6, 6.07) is 13.9. The Morgan fingerprint density at radius 2 is 1.76 bits per heavy atom. The number of piperidine rings is 1. The molecule has 3 rings (SSSR count). The van der Waals surface area contributed by atoms with Crippen LogP contribution in [0.25, 0.3) is 0 Å². The first kappa shape index (κ1) is 25.8. The van der Waals surface area contributed by atoms with E-state index in [1.165, 1.54) is 5.56 Å². The van der Waals surface area contributed by atoms with E-state index < -0.39 is 11.3 Å². The van der Waals surface area contributed by atoms with Gasteiger partial charge in [0.05, 0.1) is 6.61 Å². The highest BCUT2D eigenvalue weighted by molar-refractivity contribution is 5.92. The number of hydrogen-bond acceptors (Lipinski definition) is 4. The Labute approximate surface area is 203 Å². The van der Waals surface area contributed by atoms with Gasteiger partial charge in [-0.1, -0.05) is 38.1 Å². The van der Waals surface area contributed by atoms with Gasteiger partial charge in [-0.25, -0.2) is 0 Å². The summed E-state index contributed by atoms with van der Waals surface area (Å²) in [6.45, 7) is 11.5. The number of primary amides is 1. The van der Waals surface area contributed by atoms with Gasteiger partial charge < -0.3 is 15.8 Å². The van der Waals surface area contributed by atoms with Crippen molar-refractivity contribution in [3.63, 3.8) is 0 Å². The van der Waals surface area contributed by atoms with Crippen molar-refractivity contribution < 1.29 is 14.3 Å². The average molecular weight is 466 g/mol. The second-order valence-electron chi connectivity index (χ2n) is 10.2. The highest BCUT2D eigenvalue weighted by Crippen LogP contribution is 2.25. The number of ether oxygens (including phenoxy) is 1. The molecule has 0 aromatic heterocycles. The van der Waals surface area contributed by atoms with Crippen LogP contribution in [-0.4, -0.2) is 42.5 Å². The zero-order chi connectivity index (χ0) is 24.7. The Morgan fingerprint density at radius 3 is 2.41 bits per heavy atom. The van der Waals surface area contributed by atoms with Gasteiger partial charge in [-0.2, -0.15) is 0 Å². The predicted molar refractivity (Wildman–Crippen MR) is 136 cm³/mol. The summed E-state index contributed by atoms with van der Waals surface area (Å²) in [5.74, 6) is 0.650. The normalized spacial score (nSPS) is 15.2. The first-order valence-electron chi connectivity index (χ1n) is 12.3. The third-order valence-corrected chi connectivity index (χ3v) is 6.73. The second-order valence-corrected chi connectivity index (χ2v) is 10.2. The minimum absolute atomic E-state index is 0.125. The van der Waals surface area contributed by atoms with E-state index in [0.717, 1.165) is 62.2 Å². The van der Waals surface area contributed by atoms with Gasteiger partial charge in [0.1, 0.15) is 5.75 Å². The summed E-state index contributed by atoms with van der Waals surface area (Å²) in [5.41, 5.74) is 8.90. The molecule has 1 saturated heterocycles. The van der Waals surface area contributed by atoms with E-state index in [2.05, 4.69) is 42.3 Å². The van der Waals surface area contributed by atoms with Crippen molar-refractivity contribution in [1.29, 1.82) is 0 Å². The molecule has 2 aromatic carbocycles. The number of likely N-dealkylation sites (tertiary alicyclic amines) is 1. The first-order valence-corrected chi connectivity index (χ1v) is 12.3. The second kappa shape index (κ2) is 11.5. The highest BCUT2D eigenvalue weighted by Gasteiger charge is 2.30. The van der Waals surface area contributed by atoms with Gasteiger partial charge in [0.15, 0.2) is 0 Å². The van der Waals surface area contributed by atoms with E-state index in [1.807, 2.05) is 26.0 Å². The minimum atomic E-state index is -0.426. The van der Waals surface area contributed by atoms with Crippen molar-refractivity contribution >= 4 is 11.8 Å². The summed E-state index contributed by atoms with van der Waals surface area (Å²) < 4.78 is 5.96. The average Bonchev–Trinajstić information content (AvgIpc) is 2.80. The van der Waals surface area contributed by atoms with Crippen molar-refractivity contribution in [2.75, 3.05) is 19.7 Å². The topological polar surface area (TPSA) is 84.7 Å². The van der Waals surface area contributed by atoms with Gasteiger partial charge >= 0.3 is 0 Å². The standard InChI is InChI=1S/C28H39N3O3/c1-20-6-7-21(2)25(18-20)34-17-5-14-28(3,4)27(33)30-24-12-15-31(16-13-24)19-22-8-10-23(11-9-22)26(29)32/h6-11,18,24H,5,12-17,19H2,1-4H3,(H2,29,32)(H,30,33). The van der Waals surface area contributed by atoms with Crippen molar-refractivity contribution in [2.45, 2.75) is 66.0 Å². The van der Waals surface area contributed by atoms with Gasteiger partial charge in [0, 0.05) is 36.7 Å². The van der Waals surface area contributed by atoms with E-state index in [-0.39, 0.29) is 11.9 Å². The maximum absolute atomic E-state index is 13.0. The molecular weight excluding hydrogens is 426 g/mol. The number of nitrogens with two attached hydrogens (primary N) is 1. The maximum Gasteiger partial charge on any atom is 0.248 e. The summed E-state index contributed by atoms with van der Waals surface area (Å²) in [6.07, 6.45) is 3.50. The van der Waals surface area contributed by atoms with Crippen LogP contribution < -0.4 is 15.8 Å². The van der Waals surface area contributed by atoms with E-state index in [9.17, 15) is 9.59 Å². The Balaban J connectivity index is 1.38. The molecule has 6 nitrogen and oxygen atoms in total. The largest absolute Gasteiger partial charge is 0.493 e. The molecule has 0 atom stereocenters. The Kier molecular flexibility index (Phi) is 8.72. The first-order chi connectivity index (χ1) is 16.1. The Hall–Kier alpha value is -2.86. The molecule has 184 valence electrons. The lowest BCUT2D eigenvalue weighted by molar-refractivity contribution is -0.130. The molecule has 0 spiro atoms. The van der Waals surface area contributed by atoms with Crippen LogP contribution >= 0.6 is 0 Å². The van der Waals surface area contributed by atoms with Crippen LogP contribution in [0.5, 0.6) is 5.75 Å². The third-order valence-electron chi connectivity index (χ3n) is 6.73. The number of carbonyl (C=O) groups is 2. The molecule has 2 aromatic rings. The molecule has 1 heterocycles. The Bertz CT molecular complexity index is 977. The number of carbonyl (C=O) groups excluding carboxylic acids is 2. The van der Waals surface area contributed by atoms with Gasteiger partial charge in [-0.15, -0.1) is 0 Å². The fourth-order valence-corrected chi connectivity index (χ4v) is 4.32. The van der Waals surface area contributed by atoms with Crippen molar-refractivity contribution in [1.82, 2.24) is 10.2 Å². The molecular formula is C28H39N3O3. The van der Waals surface area contributed by atoms with Crippen LogP contribution in [0.2, 0.25) is 0 Å². The maximum atomic E-state index is 13.0. The lowest BCUT2D eigenvalue weighted by Crippen LogP contribution is -2.48. The molecule has 34 heavy (non-hydrogen) atoms. The van der Waals surface area contributed by atoms with Crippen LogP contribution in [-0.2, 0) is 11.3 Å². The molecule has 0 aliphatic carbocycles. The molecule has 0 bridgehead atoms. The van der Waals surface area contributed by atoms with Gasteiger partial charge in [0.25, 0.3) is 0 Å². The molecule has 1 aliphatic rings. The summed E-state index contributed by atoms with van der Waals surface area (Å²) in [5, 5.41) is 3.28. The number of nitrogens with one attached hydrogen (secondary N) is 1. The number of rotatable bonds is 10. The molecule has 1 aliphatic heterocycles. The van der Waals surface area contributed by atoms with Crippen LogP contribution in [0.3, 0.4) is 0 Å². The van der Waals surface area contributed by atoms with Gasteiger partial charge in [-0.05, 0) is 74.4 Å². The number of benzene rings is 2. The predicted octanol–water partition coefficient (Wildman–Crippen LogP) is 4.37. The molecule has 0 radical (unpaired) electrons. The van der Waals surface area contributed by atoms with Crippen LogP contribution in [0.15, 0.2) is 42.5 Å². The molecule has 3 N–H and O–H groups in total. The summed E-state index contributed by atoms with van der Waals surface area (Å²) in [7, 11) is 0. The number of amides is 2. The van der Waals surface area contributed by atoms with Crippen molar-refractivity contribution in [3.8, 4) is 5.75 Å². The summed E-state index contributed by atoms with van der Waals surface area (Å²) in [4.78, 5) is 26.6. The van der Waals surface area contributed by atoms with E-state index in [4.69, 9.17) is 10.5 Å². The van der Waals surface area contributed by atoms with Gasteiger partial charge in [-0.3, -0.25) is 14.5 Å². The van der Waals surface area contributed by atoms with E-state index >= 15 is 0 Å². The molecule has 0 saturated carbocycles. The fraction of sp³-hybridized carbons (Fsp3) is 0.500. The smallest absolute Gasteiger partial charge is 0.248 e. The van der Waals surface area contributed by atoms with Crippen LogP contribution in [0.4, 0.5) is 0 Å². The van der Waals surface area contributed by atoms with Crippen LogP contribution in [0, 0.1) is 19.3 Å². The van der Waals surface area contributed by atoms with Crippen molar-refractivity contribution in [2.24, 2.45) is 11.1 Å². The SMILES string of the molecule is Cc1ccc(C)c(OCCCC(C)(C)C(=O)NC2CCN(Cc3ccc(C(N)=O)cc3)CC2)c1. The zero-order valence-corrected chi connectivity index (χ0v) is 21.0. The molecule has 0 unspecified atom stereocenters. The lowest BCUT2D eigenvalue weighted by atomic mass is 9.86. The third kappa shape index (κ3) is 7.32. The number of hydrogen-bond donors (Lipinski definition) is 2. The quantitative estimate of drug-likeness (QED) is 0.511.